The van der Waals surface area contributed by atoms with Gasteiger partial charge >= 0.3 is 5.97 Å². The van der Waals surface area contributed by atoms with Crippen LogP contribution in [-0.4, -0.2) is 41.7 Å². The number of hydrogen-bond donors (Lipinski definition) is 2. The summed E-state index contributed by atoms with van der Waals surface area (Å²) in [6, 6.07) is 5.55. The van der Waals surface area contributed by atoms with Crippen LogP contribution in [-0.2, 0) is 0 Å². The van der Waals surface area contributed by atoms with E-state index in [-0.39, 0.29) is 6.04 Å². The third-order valence-electron chi connectivity index (χ3n) is 3.62. The van der Waals surface area contributed by atoms with Crippen molar-refractivity contribution in [1.82, 2.24) is 4.90 Å². The third kappa shape index (κ3) is 6.06. The molecule has 21 heavy (non-hydrogen) atoms. The Morgan fingerprint density at radius 3 is 2.62 bits per heavy atom. The van der Waals surface area contributed by atoms with Crippen LogP contribution in [0, 0.1) is 0 Å². The van der Waals surface area contributed by atoms with E-state index in [0.717, 1.165) is 36.9 Å². The maximum Gasteiger partial charge on any atom is 0.337 e. The number of anilines is 1. The number of benzene rings is 1. The van der Waals surface area contributed by atoms with Gasteiger partial charge in [0.15, 0.2) is 0 Å². The Hall–Kier alpha value is -1.07. The molecule has 0 amide bonds. The van der Waals surface area contributed by atoms with Crippen molar-refractivity contribution in [3.05, 3.63) is 28.2 Å². The first kappa shape index (κ1) is 18.0. The van der Waals surface area contributed by atoms with Gasteiger partial charge in [0.1, 0.15) is 0 Å². The number of carboxylic acid groups (broad SMARTS) is 1. The predicted molar refractivity (Wildman–Crippen MR) is 91.2 cm³/mol. The Bertz CT molecular complexity index is 462. The molecule has 2 N–H and O–H groups in total. The Morgan fingerprint density at radius 2 is 2.05 bits per heavy atom. The van der Waals surface area contributed by atoms with E-state index < -0.39 is 5.97 Å². The molecule has 1 atom stereocenters. The molecule has 5 heteroatoms. The zero-order valence-corrected chi connectivity index (χ0v) is 14.6. The topological polar surface area (TPSA) is 52.6 Å². The van der Waals surface area contributed by atoms with E-state index in [1.54, 1.807) is 6.07 Å². The summed E-state index contributed by atoms with van der Waals surface area (Å²) in [7, 11) is 0. The molecule has 1 unspecified atom stereocenters. The fourth-order valence-electron chi connectivity index (χ4n) is 2.32. The number of nitrogens with zero attached hydrogens (tertiary/aromatic N) is 1. The quantitative estimate of drug-likeness (QED) is 0.700. The molecule has 1 aromatic rings. The summed E-state index contributed by atoms with van der Waals surface area (Å²) in [6.45, 7) is 9.68. The Kier molecular flexibility index (Phi) is 7.75. The van der Waals surface area contributed by atoms with Crippen LogP contribution in [0.25, 0.3) is 0 Å². The number of halogens is 1. The fourth-order valence-corrected chi connectivity index (χ4v) is 2.68. The van der Waals surface area contributed by atoms with E-state index in [1.165, 1.54) is 0 Å². The van der Waals surface area contributed by atoms with E-state index in [4.69, 9.17) is 0 Å². The molecule has 0 bridgehead atoms. The van der Waals surface area contributed by atoms with Crippen LogP contribution < -0.4 is 5.32 Å². The van der Waals surface area contributed by atoms with Gasteiger partial charge in [-0.1, -0.05) is 29.8 Å². The standard InChI is InChI=1S/C16H25BrN2O2/c1-4-19(5-2)10-6-7-12(3)18-15-9-8-13(17)11-14(15)16(20)21/h8-9,11-12,18H,4-7,10H2,1-3H3,(H,20,21). The van der Waals surface area contributed by atoms with Crippen LogP contribution in [0.1, 0.15) is 44.0 Å². The molecular formula is C16H25BrN2O2. The zero-order chi connectivity index (χ0) is 15.8. The van der Waals surface area contributed by atoms with Gasteiger partial charge in [0.25, 0.3) is 0 Å². The maximum absolute atomic E-state index is 11.3. The van der Waals surface area contributed by atoms with Crippen molar-refractivity contribution in [1.29, 1.82) is 0 Å². The van der Waals surface area contributed by atoms with Crippen LogP contribution in [0.15, 0.2) is 22.7 Å². The highest BCUT2D eigenvalue weighted by Crippen LogP contribution is 2.22. The van der Waals surface area contributed by atoms with Gasteiger partial charge in [0.2, 0.25) is 0 Å². The van der Waals surface area contributed by atoms with E-state index in [9.17, 15) is 9.90 Å². The number of hydrogen-bond acceptors (Lipinski definition) is 3. The first-order valence-corrected chi connectivity index (χ1v) is 8.28. The average Bonchev–Trinajstić information content (AvgIpc) is 2.45. The normalized spacial score (nSPS) is 12.4. The van der Waals surface area contributed by atoms with Crippen molar-refractivity contribution in [3.63, 3.8) is 0 Å². The molecule has 0 spiro atoms. The minimum absolute atomic E-state index is 0.250. The van der Waals surface area contributed by atoms with Crippen LogP contribution in [0.5, 0.6) is 0 Å². The van der Waals surface area contributed by atoms with Crippen LogP contribution in [0.3, 0.4) is 0 Å². The molecule has 0 aliphatic carbocycles. The summed E-state index contributed by atoms with van der Waals surface area (Å²) < 4.78 is 0.777. The monoisotopic (exact) mass is 356 g/mol. The molecule has 0 radical (unpaired) electrons. The highest BCUT2D eigenvalue weighted by molar-refractivity contribution is 9.10. The molecule has 0 aliphatic heterocycles. The Labute approximate surface area is 135 Å². The van der Waals surface area contributed by atoms with Crippen molar-refractivity contribution in [2.45, 2.75) is 39.7 Å². The lowest BCUT2D eigenvalue weighted by Crippen LogP contribution is -2.25. The number of aromatic carboxylic acids is 1. The highest BCUT2D eigenvalue weighted by Gasteiger charge is 2.12. The number of carbonyl (C=O) groups is 1. The van der Waals surface area contributed by atoms with Crippen LogP contribution in [0.4, 0.5) is 5.69 Å². The van der Waals surface area contributed by atoms with E-state index >= 15 is 0 Å². The van der Waals surface area contributed by atoms with Gasteiger partial charge in [0.05, 0.1) is 5.56 Å². The molecule has 4 nitrogen and oxygen atoms in total. The lowest BCUT2D eigenvalue weighted by atomic mass is 10.1. The number of rotatable bonds is 9. The Balaban J connectivity index is 2.55. The SMILES string of the molecule is CCN(CC)CCCC(C)Nc1ccc(Br)cc1C(=O)O. The van der Waals surface area contributed by atoms with Crippen molar-refractivity contribution < 1.29 is 9.90 Å². The summed E-state index contributed by atoms with van der Waals surface area (Å²) in [5.74, 6) is -0.908. The average molecular weight is 357 g/mol. The van der Waals surface area contributed by atoms with E-state index in [1.807, 2.05) is 12.1 Å². The molecule has 0 aromatic heterocycles. The largest absolute Gasteiger partial charge is 0.478 e. The van der Waals surface area contributed by atoms with E-state index in [0.29, 0.717) is 11.3 Å². The maximum atomic E-state index is 11.3. The van der Waals surface area contributed by atoms with Crippen molar-refractivity contribution >= 4 is 27.6 Å². The van der Waals surface area contributed by atoms with Crippen molar-refractivity contribution in [2.24, 2.45) is 0 Å². The molecule has 1 aromatic carbocycles. The molecule has 0 fully saturated rings. The van der Waals surface area contributed by atoms with Gasteiger partial charge < -0.3 is 15.3 Å². The molecular weight excluding hydrogens is 332 g/mol. The summed E-state index contributed by atoms with van der Waals surface area (Å²) in [6.07, 6.45) is 2.13. The summed E-state index contributed by atoms with van der Waals surface area (Å²) in [5.41, 5.74) is 0.987. The van der Waals surface area contributed by atoms with Gasteiger partial charge in [-0.3, -0.25) is 0 Å². The minimum Gasteiger partial charge on any atom is -0.478 e. The predicted octanol–water partition coefficient (Wildman–Crippen LogP) is 4.07. The fraction of sp³-hybridized carbons (Fsp3) is 0.562. The third-order valence-corrected chi connectivity index (χ3v) is 4.11. The van der Waals surface area contributed by atoms with Gasteiger partial charge in [-0.2, -0.15) is 0 Å². The smallest absolute Gasteiger partial charge is 0.337 e. The lowest BCUT2D eigenvalue weighted by Gasteiger charge is -2.21. The molecule has 0 saturated carbocycles. The second-order valence-corrected chi connectivity index (χ2v) is 6.13. The second kappa shape index (κ2) is 9.05. The van der Waals surface area contributed by atoms with Gasteiger partial charge in [0, 0.05) is 16.2 Å². The van der Waals surface area contributed by atoms with Crippen LogP contribution in [0.2, 0.25) is 0 Å². The first-order chi connectivity index (χ1) is 9.97. The molecule has 0 saturated heterocycles. The highest BCUT2D eigenvalue weighted by atomic mass is 79.9. The molecule has 1 rings (SSSR count). The number of nitrogens with one attached hydrogen (secondary N) is 1. The first-order valence-electron chi connectivity index (χ1n) is 7.49. The van der Waals surface area contributed by atoms with Gasteiger partial charge in [-0.15, -0.1) is 0 Å². The molecule has 0 aliphatic rings. The van der Waals surface area contributed by atoms with Gasteiger partial charge in [-0.05, 0) is 57.6 Å². The minimum atomic E-state index is -0.908. The molecule has 0 heterocycles. The summed E-state index contributed by atoms with van der Waals surface area (Å²) >= 11 is 3.31. The lowest BCUT2D eigenvalue weighted by molar-refractivity contribution is 0.0698. The second-order valence-electron chi connectivity index (χ2n) is 5.21. The van der Waals surface area contributed by atoms with Crippen molar-refractivity contribution in [3.8, 4) is 0 Å². The van der Waals surface area contributed by atoms with E-state index in [2.05, 4.69) is 46.9 Å². The summed E-state index contributed by atoms with van der Waals surface area (Å²) in [5, 5.41) is 12.6. The van der Waals surface area contributed by atoms with Crippen molar-refractivity contribution in [2.75, 3.05) is 25.0 Å². The van der Waals surface area contributed by atoms with Gasteiger partial charge in [-0.25, -0.2) is 4.79 Å². The Morgan fingerprint density at radius 1 is 1.38 bits per heavy atom. The molecule has 118 valence electrons. The summed E-state index contributed by atoms with van der Waals surface area (Å²) in [4.78, 5) is 13.7. The van der Waals surface area contributed by atoms with Crippen LogP contribution >= 0.6 is 15.9 Å². The number of carboxylic acids is 1. The zero-order valence-electron chi connectivity index (χ0n) is 13.0.